The first-order valence-corrected chi connectivity index (χ1v) is 24.1. The van der Waals surface area contributed by atoms with E-state index in [1.54, 1.807) is 4.80 Å². The number of para-hydroxylation sites is 4. The zero-order valence-corrected chi connectivity index (χ0v) is 38.8. The lowest BCUT2D eigenvalue weighted by atomic mass is 9.87. The Balaban J connectivity index is 0.807. The molecule has 2 atom stereocenters. The highest BCUT2D eigenvalue weighted by Crippen LogP contribution is 2.38. The minimum Gasteiger partial charge on any atom is -0.318 e. The van der Waals surface area contributed by atoms with Crippen LogP contribution in [0.5, 0.6) is 0 Å². The lowest BCUT2D eigenvalue weighted by Gasteiger charge is -2.31. The third kappa shape index (κ3) is 9.48. The number of anilines is 4. The molecule has 6 aromatic carbocycles. The number of hydrazone groups is 1. The normalized spacial score (nSPS) is 17.5. The molecule has 1 aliphatic heterocycles. The van der Waals surface area contributed by atoms with Gasteiger partial charge in [0.1, 0.15) is 5.69 Å². The summed E-state index contributed by atoms with van der Waals surface area (Å²) in [5.41, 5.74) is 20.5. The summed E-state index contributed by atoms with van der Waals surface area (Å²) in [6, 6.07) is 59.7. The Labute approximate surface area is 405 Å². The van der Waals surface area contributed by atoms with Gasteiger partial charge in [0.2, 0.25) is 0 Å². The number of rotatable bonds is 14. The molecule has 0 fully saturated rings. The van der Waals surface area contributed by atoms with Crippen LogP contribution in [0.1, 0.15) is 60.2 Å². The van der Waals surface area contributed by atoms with E-state index >= 15 is 0 Å². The van der Waals surface area contributed by atoms with Crippen molar-refractivity contribution in [2.75, 3.05) is 14.9 Å². The molecule has 0 amide bonds. The van der Waals surface area contributed by atoms with Gasteiger partial charge in [0.15, 0.2) is 0 Å². The number of fused-ring (bicyclic) bond motifs is 2. The highest BCUT2D eigenvalue weighted by molar-refractivity contribution is 6.04. The summed E-state index contributed by atoms with van der Waals surface area (Å²) in [7, 11) is 0. The number of nitrogens with one attached hydrogen (secondary N) is 1. The molecule has 1 aromatic heterocycles. The second-order valence-corrected chi connectivity index (χ2v) is 17.6. The average Bonchev–Trinajstić information content (AvgIpc) is 4.06. The first-order chi connectivity index (χ1) is 34.1. The number of hydrazine groups is 1. The first-order valence-electron chi connectivity index (χ1n) is 24.1. The number of hydrogen-bond donors (Lipinski definition) is 1. The molecule has 69 heavy (non-hydrogen) atoms. The van der Waals surface area contributed by atoms with E-state index in [4.69, 9.17) is 15.3 Å². The molecule has 7 aromatic rings. The largest absolute Gasteiger partial charge is 0.318 e. The number of allylic oxidation sites excluding steroid dienone is 10. The van der Waals surface area contributed by atoms with Crippen molar-refractivity contribution < 1.29 is 0 Å². The number of aryl methyl sites for hydroxylation is 1. The molecule has 1 N–H and O–H groups in total. The second-order valence-electron chi connectivity index (χ2n) is 17.6. The van der Waals surface area contributed by atoms with Crippen molar-refractivity contribution in [1.82, 2.24) is 20.4 Å². The maximum absolute atomic E-state index is 4.90. The molecular formula is C61H54N8. The maximum atomic E-state index is 4.90. The van der Waals surface area contributed by atoms with Gasteiger partial charge in [-0.25, -0.2) is 0 Å². The van der Waals surface area contributed by atoms with Crippen molar-refractivity contribution in [3.63, 3.8) is 0 Å². The monoisotopic (exact) mass is 898 g/mol. The van der Waals surface area contributed by atoms with Gasteiger partial charge in [-0.1, -0.05) is 146 Å². The minimum absolute atomic E-state index is 0.0415. The fraction of sp³-hybridized carbons (Fsp3) is 0.131. The Morgan fingerprint density at radius 1 is 0.696 bits per heavy atom. The molecule has 0 bridgehead atoms. The van der Waals surface area contributed by atoms with Crippen LogP contribution in [-0.2, 0) is 12.8 Å². The summed E-state index contributed by atoms with van der Waals surface area (Å²) in [5.74, 6) is 0.239. The predicted molar refractivity (Wildman–Crippen MR) is 284 cm³/mol. The summed E-state index contributed by atoms with van der Waals surface area (Å²) >= 11 is 0. The summed E-state index contributed by atoms with van der Waals surface area (Å²) in [5, 5.41) is 16.5. The van der Waals surface area contributed by atoms with Crippen LogP contribution < -0.4 is 20.3 Å². The second kappa shape index (κ2) is 19.9. The van der Waals surface area contributed by atoms with E-state index in [0.717, 1.165) is 83.3 Å². The van der Waals surface area contributed by atoms with Crippen molar-refractivity contribution in [2.45, 2.75) is 51.0 Å². The van der Waals surface area contributed by atoms with Crippen LogP contribution in [0.2, 0.25) is 0 Å². The Kier molecular flexibility index (Phi) is 12.5. The molecule has 4 aliphatic rings. The van der Waals surface area contributed by atoms with E-state index in [1.807, 2.05) is 53.6 Å². The minimum atomic E-state index is -0.0415. The number of hydrogen-bond acceptors (Lipinski definition) is 7. The Bertz CT molecular complexity index is 3190. The third-order valence-electron chi connectivity index (χ3n) is 13.1. The molecule has 0 spiro atoms. The van der Waals surface area contributed by atoms with Crippen LogP contribution in [0.25, 0.3) is 17.3 Å². The molecule has 0 radical (unpaired) electrons. The maximum Gasteiger partial charge on any atom is 0.111 e. The lowest BCUT2D eigenvalue weighted by Crippen LogP contribution is -2.38. The van der Waals surface area contributed by atoms with Crippen molar-refractivity contribution in [3.8, 4) is 5.69 Å². The van der Waals surface area contributed by atoms with Crippen molar-refractivity contribution >= 4 is 40.1 Å². The number of benzene rings is 6. The summed E-state index contributed by atoms with van der Waals surface area (Å²) in [6.07, 6.45) is 27.0. The van der Waals surface area contributed by atoms with Gasteiger partial charge >= 0.3 is 0 Å². The number of aromatic nitrogens is 3. The van der Waals surface area contributed by atoms with E-state index in [1.165, 1.54) is 33.7 Å². The SMILES string of the molecule is CC/C(=C\C=C/Cc1cccc(C2=CC(c3cccc(N(C4=CC5NN(c6ccccc6)N=C5C=C4)c4ccccc4)c3)CC=C2)c1)N(C1=Cc2nn(-c3ccccc3)nc2CC1)c1ccccc1. The van der Waals surface area contributed by atoms with Crippen molar-refractivity contribution in [2.24, 2.45) is 5.10 Å². The number of nitrogens with zero attached hydrogens (tertiary/aromatic N) is 7. The van der Waals surface area contributed by atoms with Crippen LogP contribution in [0.3, 0.4) is 0 Å². The molecule has 8 nitrogen and oxygen atoms in total. The lowest BCUT2D eigenvalue weighted by molar-refractivity contribution is 0.697. The molecule has 11 rings (SSSR count). The highest BCUT2D eigenvalue weighted by Gasteiger charge is 2.29. The summed E-state index contributed by atoms with van der Waals surface area (Å²) < 4.78 is 0. The van der Waals surface area contributed by atoms with Crippen LogP contribution >= 0.6 is 0 Å². The highest BCUT2D eigenvalue weighted by atomic mass is 15.7. The topological polar surface area (TPSA) is 64.8 Å². The summed E-state index contributed by atoms with van der Waals surface area (Å²) in [6.45, 7) is 2.23. The van der Waals surface area contributed by atoms with Gasteiger partial charge in [0.25, 0.3) is 0 Å². The zero-order chi connectivity index (χ0) is 46.4. The van der Waals surface area contributed by atoms with Gasteiger partial charge in [-0.15, -0.1) is 5.10 Å². The van der Waals surface area contributed by atoms with E-state index in [0.29, 0.717) is 0 Å². The summed E-state index contributed by atoms with van der Waals surface area (Å²) in [4.78, 5) is 6.52. The van der Waals surface area contributed by atoms with Crippen molar-refractivity contribution in [3.05, 3.63) is 270 Å². The average molecular weight is 899 g/mol. The van der Waals surface area contributed by atoms with Gasteiger partial charge < -0.3 is 9.80 Å². The first kappa shape index (κ1) is 43.3. The van der Waals surface area contributed by atoms with E-state index in [9.17, 15) is 0 Å². The van der Waals surface area contributed by atoms with Crippen LogP contribution in [-0.4, -0.2) is 26.7 Å². The molecule has 338 valence electrons. The fourth-order valence-electron chi connectivity index (χ4n) is 9.61. The van der Waals surface area contributed by atoms with Crippen molar-refractivity contribution in [1.29, 1.82) is 0 Å². The third-order valence-corrected chi connectivity index (χ3v) is 13.1. The molecule has 8 heteroatoms. The van der Waals surface area contributed by atoms with Gasteiger partial charge in [0.05, 0.1) is 28.8 Å². The molecule has 2 unspecified atom stereocenters. The molecule has 0 saturated carbocycles. The van der Waals surface area contributed by atoms with Gasteiger partial charge in [-0.3, -0.25) is 0 Å². The van der Waals surface area contributed by atoms with E-state index < -0.39 is 0 Å². The molecule has 3 aliphatic carbocycles. The predicted octanol–water partition coefficient (Wildman–Crippen LogP) is 13.6. The van der Waals surface area contributed by atoms with Gasteiger partial charge in [0, 0.05) is 40.1 Å². The fourth-order valence-corrected chi connectivity index (χ4v) is 9.61. The zero-order valence-electron chi connectivity index (χ0n) is 38.8. The molecular weight excluding hydrogens is 845 g/mol. The van der Waals surface area contributed by atoms with Gasteiger partial charge in [-0.2, -0.15) is 25.5 Å². The van der Waals surface area contributed by atoms with E-state index in [-0.39, 0.29) is 12.0 Å². The van der Waals surface area contributed by atoms with Gasteiger partial charge in [-0.05, 0) is 145 Å². The Hall–Kier alpha value is -8.33. The Morgan fingerprint density at radius 2 is 1.42 bits per heavy atom. The molecule has 0 saturated heterocycles. The van der Waals surface area contributed by atoms with Crippen LogP contribution in [0.4, 0.5) is 22.7 Å². The quantitative estimate of drug-likeness (QED) is 0.110. The standard InChI is InChI=1S/C61H54N8/c1-2-50(66(51-27-7-3-8-28-51)56-36-38-58-60(43-56)64-68(62-58)53-31-11-5-12-32-53)26-16-15-20-45-21-17-22-46(40-45)47-23-18-24-48(41-47)49-25-19-35-55(42-49)67(52-29-9-4-10-30-52)57-37-39-59-61(44-57)65-69(63-59)54-33-13-6-14-34-54/h3-19,21-23,25-35,37,39-44,48,61,65H,2,20,24,36,38H2,1H3/b16-15-,50-26+. The smallest absolute Gasteiger partial charge is 0.111 e. The van der Waals surface area contributed by atoms with Crippen LogP contribution in [0, 0.1) is 0 Å². The Morgan fingerprint density at radius 3 is 2.20 bits per heavy atom. The van der Waals surface area contributed by atoms with Crippen LogP contribution in [0.15, 0.2) is 247 Å². The molecule has 2 heterocycles. The van der Waals surface area contributed by atoms with E-state index in [2.05, 4.69) is 204 Å².